The second-order valence-electron chi connectivity index (χ2n) is 3.92. The molecule has 0 saturated carbocycles. The molecule has 4 N–H and O–H groups in total. The van der Waals surface area contributed by atoms with Crippen LogP contribution >= 0.6 is 0 Å². The predicted octanol–water partition coefficient (Wildman–Crippen LogP) is 1.25. The fourth-order valence-corrected chi connectivity index (χ4v) is 1.60. The Morgan fingerprint density at radius 1 is 1.30 bits per heavy atom. The maximum atomic E-state index is 8.87. The number of nitrogen functional groups attached to an aromatic ring is 1. The van der Waals surface area contributed by atoms with Gasteiger partial charge < -0.3 is 10.1 Å². The maximum absolute atomic E-state index is 8.87. The van der Waals surface area contributed by atoms with E-state index in [1.54, 1.807) is 13.2 Å². The summed E-state index contributed by atoms with van der Waals surface area (Å²) >= 11 is 0. The number of benzene rings is 1. The molecule has 1 aromatic carbocycles. The highest BCUT2D eigenvalue weighted by Gasteiger charge is 2.03. The minimum Gasteiger partial charge on any atom is -0.497 e. The van der Waals surface area contributed by atoms with Gasteiger partial charge in [-0.2, -0.15) is 10.2 Å². The molecule has 1 heterocycles. The zero-order valence-electron chi connectivity index (χ0n) is 10.9. The highest BCUT2D eigenvalue weighted by Crippen LogP contribution is 2.14. The van der Waals surface area contributed by atoms with E-state index in [-0.39, 0.29) is 11.6 Å². The van der Waals surface area contributed by atoms with Crippen molar-refractivity contribution in [1.29, 1.82) is 5.26 Å². The van der Waals surface area contributed by atoms with Gasteiger partial charge in [0.25, 0.3) is 0 Å². The number of nitrogens with one attached hydrogen (secondary N) is 2. The van der Waals surface area contributed by atoms with Gasteiger partial charge >= 0.3 is 0 Å². The first kappa shape index (κ1) is 13.6. The van der Waals surface area contributed by atoms with Crippen LogP contribution in [-0.4, -0.2) is 17.1 Å². The Morgan fingerprint density at radius 2 is 2.05 bits per heavy atom. The van der Waals surface area contributed by atoms with Gasteiger partial charge in [0.2, 0.25) is 5.95 Å². The molecule has 0 spiro atoms. The van der Waals surface area contributed by atoms with E-state index in [1.807, 2.05) is 30.3 Å². The van der Waals surface area contributed by atoms with Gasteiger partial charge in [0, 0.05) is 12.6 Å². The summed E-state index contributed by atoms with van der Waals surface area (Å²) in [6.07, 6.45) is 0. The fourth-order valence-electron chi connectivity index (χ4n) is 1.60. The third-order valence-electron chi connectivity index (χ3n) is 2.60. The maximum Gasteiger partial charge on any atom is 0.240 e. The topological polar surface area (TPSA) is 109 Å². The lowest BCUT2D eigenvalue weighted by molar-refractivity contribution is 0.414. The Bertz CT molecular complexity index is 620. The summed E-state index contributed by atoms with van der Waals surface area (Å²) in [6.45, 7) is 0.565. The van der Waals surface area contributed by atoms with Gasteiger partial charge in [-0.3, -0.25) is 5.43 Å². The number of nitriles is 1. The molecule has 102 valence electrons. The standard InChI is InChI=1S/C13H14N6O/c1-20-11-4-2-9(3-5-11)8-16-12-6-10(7-14)17-13(18-12)19-15/h2-6H,8,15H2,1H3,(H2,16,17,18,19). The third-order valence-corrected chi connectivity index (χ3v) is 2.60. The minimum absolute atomic E-state index is 0.196. The van der Waals surface area contributed by atoms with Crippen LogP contribution in [-0.2, 0) is 6.54 Å². The zero-order valence-corrected chi connectivity index (χ0v) is 10.9. The second kappa shape index (κ2) is 6.36. The summed E-state index contributed by atoms with van der Waals surface area (Å²) in [4.78, 5) is 8.00. The van der Waals surface area contributed by atoms with E-state index < -0.39 is 0 Å². The Hall–Kier alpha value is -2.85. The van der Waals surface area contributed by atoms with Gasteiger partial charge in [0.1, 0.15) is 23.3 Å². The summed E-state index contributed by atoms with van der Waals surface area (Å²) in [6, 6.07) is 11.2. The Labute approximate surface area is 116 Å². The zero-order chi connectivity index (χ0) is 14.4. The second-order valence-corrected chi connectivity index (χ2v) is 3.92. The smallest absolute Gasteiger partial charge is 0.240 e. The fraction of sp³-hybridized carbons (Fsp3) is 0.154. The van der Waals surface area contributed by atoms with Crippen molar-refractivity contribution < 1.29 is 4.74 Å². The van der Waals surface area contributed by atoms with Gasteiger partial charge in [-0.15, -0.1) is 0 Å². The molecule has 7 nitrogen and oxygen atoms in total. The predicted molar refractivity (Wildman–Crippen MR) is 74.9 cm³/mol. The first-order valence-electron chi connectivity index (χ1n) is 5.87. The van der Waals surface area contributed by atoms with Crippen LogP contribution in [0.3, 0.4) is 0 Å². The molecular weight excluding hydrogens is 256 g/mol. The van der Waals surface area contributed by atoms with Crippen molar-refractivity contribution in [3.05, 3.63) is 41.6 Å². The molecule has 0 bridgehead atoms. The van der Waals surface area contributed by atoms with E-state index in [9.17, 15) is 0 Å². The number of ether oxygens (including phenoxy) is 1. The van der Waals surface area contributed by atoms with Gasteiger partial charge in [-0.1, -0.05) is 12.1 Å². The van der Waals surface area contributed by atoms with Crippen LogP contribution in [0.4, 0.5) is 11.8 Å². The summed E-state index contributed by atoms with van der Waals surface area (Å²) in [5, 5.41) is 12.0. The molecule has 0 radical (unpaired) electrons. The Balaban J connectivity index is 2.08. The average Bonchev–Trinajstić information content (AvgIpc) is 2.53. The van der Waals surface area contributed by atoms with E-state index in [0.717, 1.165) is 11.3 Å². The van der Waals surface area contributed by atoms with Crippen LogP contribution < -0.4 is 21.3 Å². The quantitative estimate of drug-likeness (QED) is 0.554. The lowest BCUT2D eigenvalue weighted by atomic mass is 10.2. The van der Waals surface area contributed by atoms with Crippen molar-refractivity contribution in [1.82, 2.24) is 9.97 Å². The number of nitrogens with two attached hydrogens (primary N) is 1. The van der Waals surface area contributed by atoms with Gasteiger partial charge in [-0.05, 0) is 17.7 Å². The average molecular weight is 270 g/mol. The minimum atomic E-state index is 0.196. The third kappa shape index (κ3) is 3.34. The molecule has 0 unspecified atom stereocenters. The molecule has 0 saturated heterocycles. The summed E-state index contributed by atoms with van der Waals surface area (Å²) in [7, 11) is 1.62. The first-order chi connectivity index (χ1) is 9.75. The molecule has 7 heteroatoms. The highest BCUT2D eigenvalue weighted by atomic mass is 16.5. The molecule has 1 aromatic heterocycles. The van der Waals surface area contributed by atoms with Crippen molar-refractivity contribution in [3.8, 4) is 11.8 Å². The monoisotopic (exact) mass is 270 g/mol. The van der Waals surface area contributed by atoms with Crippen LogP contribution in [0.2, 0.25) is 0 Å². The molecular formula is C13H14N6O. The molecule has 0 atom stereocenters. The molecule has 0 amide bonds. The largest absolute Gasteiger partial charge is 0.497 e. The number of nitrogens with zero attached hydrogens (tertiary/aromatic N) is 3. The van der Waals surface area contributed by atoms with Crippen LogP contribution in [0.5, 0.6) is 5.75 Å². The molecule has 0 fully saturated rings. The van der Waals surface area contributed by atoms with Crippen molar-refractivity contribution in [3.63, 3.8) is 0 Å². The Kier molecular flexibility index (Phi) is 4.32. The van der Waals surface area contributed by atoms with Crippen molar-refractivity contribution in [2.45, 2.75) is 6.54 Å². The summed E-state index contributed by atoms with van der Waals surface area (Å²) < 4.78 is 5.09. The van der Waals surface area contributed by atoms with Crippen LogP contribution in [0, 0.1) is 11.3 Å². The molecule has 0 aliphatic heterocycles. The lowest BCUT2D eigenvalue weighted by Gasteiger charge is -2.08. The van der Waals surface area contributed by atoms with E-state index >= 15 is 0 Å². The van der Waals surface area contributed by atoms with Crippen molar-refractivity contribution >= 4 is 11.8 Å². The number of aromatic nitrogens is 2. The van der Waals surface area contributed by atoms with Crippen LogP contribution in [0.25, 0.3) is 0 Å². The Morgan fingerprint density at radius 3 is 2.65 bits per heavy atom. The van der Waals surface area contributed by atoms with Crippen molar-refractivity contribution in [2.75, 3.05) is 17.9 Å². The summed E-state index contributed by atoms with van der Waals surface area (Å²) in [5.41, 5.74) is 3.63. The molecule has 2 rings (SSSR count). The van der Waals surface area contributed by atoms with Gasteiger partial charge in [0.15, 0.2) is 0 Å². The van der Waals surface area contributed by atoms with E-state index in [4.69, 9.17) is 15.8 Å². The first-order valence-corrected chi connectivity index (χ1v) is 5.87. The van der Waals surface area contributed by atoms with E-state index in [1.165, 1.54) is 0 Å². The number of hydrogen-bond acceptors (Lipinski definition) is 7. The number of hydrazine groups is 1. The van der Waals surface area contributed by atoms with E-state index in [2.05, 4.69) is 20.7 Å². The molecule has 0 aliphatic rings. The van der Waals surface area contributed by atoms with Crippen molar-refractivity contribution in [2.24, 2.45) is 5.84 Å². The number of hydrogen-bond donors (Lipinski definition) is 3. The van der Waals surface area contributed by atoms with Crippen LogP contribution in [0.15, 0.2) is 30.3 Å². The SMILES string of the molecule is COc1ccc(CNc2cc(C#N)nc(NN)n2)cc1. The number of anilines is 2. The van der Waals surface area contributed by atoms with Gasteiger partial charge in [0.05, 0.1) is 7.11 Å². The lowest BCUT2D eigenvalue weighted by Crippen LogP contribution is -2.12. The summed E-state index contributed by atoms with van der Waals surface area (Å²) in [5.74, 6) is 6.78. The number of methoxy groups -OCH3 is 1. The molecule has 2 aromatic rings. The molecule has 0 aliphatic carbocycles. The highest BCUT2D eigenvalue weighted by molar-refractivity contribution is 5.45. The normalized spacial score (nSPS) is 9.65. The van der Waals surface area contributed by atoms with Crippen LogP contribution in [0.1, 0.15) is 11.3 Å². The number of rotatable bonds is 5. The van der Waals surface area contributed by atoms with E-state index in [0.29, 0.717) is 12.4 Å². The molecule has 20 heavy (non-hydrogen) atoms. The van der Waals surface area contributed by atoms with Gasteiger partial charge in [-0.25, -0.2) is 10.8 Å².